The van der Waals surface area contributed by atoms with E-state index in [-0.39, 0.29) is 23.9 Å². The summed E-state index contributed by atoms with van der Waals surface area (Å²) >= 11 is 0. The molecule has 13 heavy (non-hydrogen) atoms. The lowest BCUT2D eigenvalue weighted by molar-refractivity contribution is -0.144. The topological polar surface area (TPSA) is 66.8 Å². The number of hydrogen-bond donors (Lipinski definition) is 2. The van der Waals surface area contributed by atoms with Crippen LogP contribution in [0.4, 0.5) is 0 Å². The van der Waals surface area contributed by atoms with Gasteiger partial charge in [0.2, 0.25) is 0 Å². The first kappa shape index (κ1) is 8.97. The zero-order valence-electron chi connectivity index (χ0n) is 7.56. The van der Waals surface area contributed by atoms with E-state index in [2.05, 4.69) is 0 Å². The van der Waals surface area contributed by atoms with Gasteiger partial charge in [-0.15, -0.1) is 0 Å². The molecule has 0 spiro atoms. The molecule has 0 aromatic rings. The molecule has 2 aliphatic rings. The summed E-state index contributed by atoms with van der Waals surface area (Å²) in [5, 5.41) is 19.1. The summed E-state index contributed by atoms with van der Waals surface area (Å²) in [5.74, 6) is -0.185. The minimum absolute atomic E-state index is 0.141. The molecule has 0 aromatic carbocycles. The molecule has 4 heteroatoms. The van der Waals surface area contributed by atoms with Gasteiger partial charge < -0.3 is 14.9 Å². The smallest absolute Gasteiger partial charge is 0.302 e. The van der Waals surface area contributed by atoms with Crippen molar-refractivity contribution in [2.45, 2.75) is 32.0 Å². The monoisotopic (exact) mass is 186 g/mol. The molecule has 74 valence electrons. The Morgan fingerprint density at radius 3 is 2.69 bits per heavy atom. The van der Waals surface area contributed by atoms with Gasteiger partial charge in [-0.05, 0) is 12.3 Å². The first-order valence-electron chi connectivity index (χ1n) is 4.56. The molecule has 0 bridgehead atoms. The van der Waals surface area contributed by atoms with E-state index in [1.165, 1.54) is 6.92 Å². The van der Waals surface area contributed by atoms with Crippen molar-refractivity contribution < 1.29 is 19.7 Å². The largest absolute Gasteiger partial charge is 0.465 e. The fraction of sp³-hybridized carbons (Fsp3) is 0.889. The van der Waals surface area contributed by atoms with E-state index in [9.17, 15) is 15.0 Å². The quantitative estimate of drug-likeness (QED) is 0.580. The van der Waals surface area contributed by atoms with Crippen LogP contribution in [-0.4, -0.2) is 35.0 Å². The highest BCUT2D eigenvalue weighted by molar-refractivity contribution is 5.66. The molecule has 2 N–H and O–H groups in total. The number of carbonyl (C=O) groups excluding carboxylic acids is 1. The van der Waals surface area contributed by atoms with E-state index in [4.69, 9.17) is 4.74 Å². The summed E-state index contributed by atoms with van der Waals surface area (Å²) in [7, 11) is 0. The highest BCUT2D eigenvalue weighted by Gasteiger charge is 2.67. The van der Waals surface area contributed by atoms with Crippen molar-refractivity contribution in [3.8, 4) is 0 Å². The van der Waals surface area contributed by atoms with Crippen LogP contribution in [0.1, 0.15) is 19.8 Å². The Kier molecular flexibility index (Phi) is 1.85. The molecule has 2 aliphatic carbocycles. The van der Waals surface area contributed by atoms with Crippen molar-refractivity contribution in [1.29, 1.82) is 0 Å². The highest BCUT2D eigenvalue weighted by atomic mass is 16.5. The molecule has 0 amide bonds. The van der Waals surface area contributed by atoms with Gasteiger partial charge >= 0.3 is 5.97 Å². The summed E-state index contributed by atoms with van der Waals surface area (Å²) in [6.45, 7) is 1.61. The molecular weight excluding hydrogens is 172 g/mol. The maximum atomic E-state index is 10.6. The maximum absolute atomic E-state index is 10.6. The maximum Gasteiger partial charge on any atom is 0.302 e. The van der Waals surface area contributed by atoms with E-state index in [1.54, 1.807) is 0 Å². The lowest BCUT2D eigenvalue weighted by Crippen LogP contribution is -2.25. The predicted molar refractivity (Wildman–Crippen MR) is 43.8 cm³/mol. The Balaban J connectivity index is 1.96. The molecule has 0 radical (unpaired) electrons. The first-order chi connectivity index (χ1) is 6.06. The van der Waals surface area contributed by atoms with Crippen molar-refractivity contribution in [1.82, 2.24) is 0 Å². The van der Waals surface area contributed by atoms with Crippen LogP contribution in [0, 0.1) is 11.3 Å². The molecule has 2 fully saturated rings. The van der Waals surface area contributed by atoms with Gasteiger partial charge in [-0.25, -0.2) is 0 Å². The van der Waals surface area contributed by atoms with Crippen LogP contribution in [-0.2, 0) is 9.53 Å². The second kappa shape index (κ2) is 2.69. The van der Waals surface area contributed by atoms with Gasteiger partial charge in [0, 0.05) is 18.8 Å². The Labute approximate surface area is 76.5 Å². The van der Waals surface area contributed by atoms with Crippen molar-refractivity contribution in [3.63, 3.8) is 0 Å². The van der Waals surface area contributed by atoms with E-state index >= 15 is 0 Å². The van der Waals surface area contributed by atoms with Gasteiger partial charge in [0.25, 0.3) is 0 Å². The minimum Gasteiger partial charge on any atom is -0.465 e. The molecule has 2 saturated carbocycles. The number of carbonyl (C=O) groups is 1. The van der Waals surface area contributed by atoms with Gasteiger partial charge in [0.1, 0.15) is 0 Å². The lowest BCUT2D eigenvalue weighted by Gasteiger charge is -2.16. The third kappa shape index (κ3) is 1.25. The van der Waals surface area contributed by atoms with Crippen LogP contribution in [0.25, 0.3) is 0 Å². The average molecular weight is 186 g/mol. The van der Waals surface area contributed by atoms with Crippen LogP contribution in [0.3, 0.4) is 0 Å². The van der Waals surface area contributed by atoms with Gasteiger partial charge in [-0.1, -0.05) is 0 Å². The van der Waals surface area contributed by atoms with E-state index < -0.39 is 12.2 Å². The second-order valence-corrected chi connectivity index (χ2v) is 4.14. The van der Waals surface area contributed by atoms with Crippen molar-refractivity contribution in [3.05, 3.63) is 0 Å². The normalized spacial score (nSPS) is 47.2. The van der Waals surface area contributed by atoms with E-state index in [0.29, 0.717) is 6.42 Å². The van der Waals surface area contributed by atoms with Crippen LogP contribution < -0.4 is 0 Å². The molecule has 0 unspecified atom stereocenters. The standard InChI is InChI=1S/C9H14O4/c1-5(10)13-4-9-3-6(9)7(11)2-8(9)12/h6-8,11-12H,2-4H2,1H3/t6-,7-,8+,9+/m0/s1. The number of fused-ring (bicyclic) bond motifs is 1. The average Bonchev–Trinajstić information content (AvgIpc) is 2.71. The molecule has 0 saturated heterocycles. The van der Waals surface area contributed by atoms with Crippen LogP contribution in [0.5, 0.6) is 0 Å². The zero-order chi connectivity index (χ0) is 9.64. The van der Waals surface area contributed by atoms with Crippen molar-refractivity contribution in [2.75, 3.05) is 6.61 Å². The number of rotatable bonds is 2. The molecule has 2 rings (SSSR count). The molecule has 4 nitrogen and oxygen atoms in total. The molecule has 0 aliphatic heterocycles. The summed E-state index contributed by atoms with van der Waals surface area (Å²) in [6.07, 6.45) is 0.284. The van der Waals surface area contributed by atoms with Gasteiger partial charge in [0.05, 0.1) is 18.8 Å². The van der Waals surface area contributed by atoms with Gasteiger partial charge in [-0.2, -0.15) is 0 Å². The SMILES string of the molecule is CC(=O)OC[C@]12C[C@H]1[C@@H](O)C[C@H]2O. The predicted octanol–water partition coefficient (Wildman–Crippen LogP) is -0.319. The number of ether oxygens (including phenoxy) is 1. The number of aliphatic hydroxyl groups is 2. The van der Waals surface area contributed by atoms with Gasteiger partial charge in [-0.3, -0.25) is 4.79 Å². The number of aliphatic hydroxyl groups excluding tert-OH is 2. The molecular formula is C9H14O4. The molecule has 4 atom stereocenters. The van der Waals surface area contributed by atoms with Crippen LogP contribution >= 0.6 is 0 Å². The minimum atomic E-state index is -0.508. The lowest BCUT2D eigenvalue weighted by atomic mass is 10.0. The molecule has 0 aromatic heterocycles. The Bertz CT molecular complexity index is 236. The summed E-state index contributed by atoms with van der Waals surface area (Å²) < 4.78 is 4.88. The number of esters is 1. The van der Waals surface area contributed by atoms with Crippen LogP contribution in [0.15, 0.2) is 0 Å². The Morgan fingerprint density at radius 1 is 1.62 bits per heavy atom. The van der Waals surface area contributed by atoms with Gasteiger partial charge in [0.15, 0.2) is 0 Å². The van der Waals surface area contributed by atoms with Crippen molar-refractivity contribution >= 4 is 5.97 Å². The highest BCUT2D eigenvalue weighted by Crippen LogP contribution is 2.63. The summed E-state index contributed by atoms with van der Waals surface area (Å²) in [6, 6.07) is 0. The molecule has 0 heterocycles. The summed E-state index contributed by atoms with van der Waals surface area (Å²) in [4.78, 5) is 10.6. The zero-order valence-corrected chi connectivity index (χ0v) is 7.56. The Morgan fingerprint density at radius 2 is 2.31 bits per heavy atom. The summed E-state index contributed by atoms with van der Waals surface area (Å²) in [5.41, 5.74) is -0.314. The fourth-order valence-corrected chi connectivity index (χ4v) is 2.38. The van der Waals surface area contributed by atoms with Crippen molar-refractivity contribution in [2.24, 2.45) is 11.3 Å². The van der Waals surface area contributed by atoms with E-state index in [1.807, 2.05) is 0 Å². The third-order valence-corrected chi connectivity index (χ3v) is 3.32. The Hall–Kier alpha value is -0.610. The number of hydrogen-bond acceptors (Lipinski definition) is 4. The van der Waals surface area contributed by atoms with E-state index in [0.717, 1.165) is 6.42 Å². The fourth-order valence-electron chi connectivity index (χ4n) is 2.38. The third-order valence-electron chi connectivity index (χ3n) is 3.32. The second-order valence-electron chi connectivity index (χ2n) is 4.14. The first-order valence-corrected chi connectivity index (χ1v) is 4.56. The van der Waals surface area contributed by atoms with Crippen LogP contribution in [0.2, 0.25) is 0 Å².